The van der Waals surface area contributed by atoms with E-state index < -0.39 is 59.0 Å². The number of ether oxygens (including phenoxy) is 1. The molecule has 0 bridgehead atoms. The van der Waals surface area contributed by atoms with Gasteiger partial charge in [-0.2, -0.15) is 39.5 Å². The number of halogens is 9. The second-order valence-electron chi connectivity index (χ2n) is 7.97. The fourth-order valence-electron chi connectivity index (χ4n) is 4.08. The number of aliphatic carboxylic acids is 1. The van der Waals surface area contributed by atoms with Crippen molar-refractivity contribution >= 4 is 5.97 Å². The van der Waals surface area contributed by atoms with Crippen LogP contribution in [0, 0.1) is 0 Å². The van der Waals surface area contributed by atoms with E-state index in [0.29, 0.717) is 31.0 Å². The highest BCUT2D eigenvalue weighted by molar-refractivity contribution is 5.84. The summed E-state index contributed by atoms with van der Waals surface area (Å²) in [5.41, 5.74) is -5.68. The van der Waals surface area contributed by atoms with Crippen molar-refractivity contribution in [1.29, 1.82) is 0 Å². The van der Waals surface area contributed by atoms with Gasteiger partial charge in [0.15, 0.2) is 6.61 Å². The highest BCUT2D eigenvalue weighted by Crippen LogP contribution is 2.49. The topological polar surface area (TPSA) is 46.5 Å². The molecule has 12 heteroatoms. The number of benzene rings is 2. The SMILES string of the molecule is O=C(O)C1(c2cc(-c3ccc(C(F)(F)F)cc3)c(OCC(F)(F)F)c(C(F)(F)F)c2)CCCC1. The van der Waals surface area contributed by atoms with Crippen molar-refractivity contribution in [2.24, 2.45) is 0 Å². The Bertz CT molecular complexity index is 1050. The molecule has 0 unspecified atom stereocenters. The molecule has 0 saturated heterocycles. The highest BCUT2D eigenvalue weighted by Gasteiger charge is 2.46. The monoisotopic (exact) mass is 500 g/mol. The molecule has 1 aliphatic rings. The fourth-order valence-corrected chi connectivity index (χ4v) is 4.08. The summed E-state index contributed by atoms with van der Waals surface area (Å²) in [6, 6.07) is 4.13. The standard InChI is InChI=1S/C22H17F9O3/c23-20(24,25)11-34-17-15(12-3-5-13(6-4-12)21(26,27)28)9-14(10-16(17)22(29,30)31)19(18(32)33)7-1-2-8-19/h3-6,9-10H,1-2,7-8,11H2,(H,32,33). The quantitative estimate of drug-likeness (QED) is 0.441. The van der Waals surface area contributed by atoms with E-state index in [2.05, 4.69) is 4.74 Å². The van der Waals surface area contributed by atoms with Crippen molar-refractivity contribution < 1.29 is 54.2 Å². The van der Waals surface area contributed by atoms with Crippen LogP contribution in [0.15, 0.2) is 36.4 Å². The Kier molecular flexibility index (Phi) is 6.57. The lowest BCUT2D eigenvalue weighted by Gasteiger charge is -2.28. The second kappa shape index (κ2) is 8.70. The number of hydrogen-bond acceptors (Lipinski definition) is 2. The number of alkyl halides is 9. The Labute approximate surface area is 187 Å². The molecule has 2 aromatic rings. The van der Waals surface area contributed by atoms with E-state index in [-0.39, 0.29) is 24.0 Å². The van der Waals surface area contributed by atoms with Crippen LogP contribution in [-0.4, -0.2) is 23.9 Å². The molecule has 3 rings (SSSR count). The molecule has 1 N–H and O–H groups in total. The Balaban J connectivity index is 2.29. The van der Waals surface area contributed by atoms with E-state index in [0.717, 1.165) is 18.2 Å². The Morgan fingerprint density at radius 1 is 0.882 bits per heavy atom. The van der Waals surface area contributed by atoms with Crippen molar-refractivity contribution in [3.8, 4) is 16.9 Å². The van der Waals surface area contributed by atoms with Gasteiger partial charge in [0.05, 0.1) is 16.5 Å². The van der Waals surface area contributed by atoms with Gasteiger partial charge in [-0.05, 0) is 48.2 Å². The number of carbonyl (C=O) groups is 1. The molecule has 1 fully saturated rings. The van der Waals surface area contributed by atoms with Crippen LogP contribution in [-0.2, 0) is 22.6 Å². The van der Waals surface area contributed by atoms with E-state index in [1.807, 2.05) is 0 Å². The Morgan fingerprint density at radius 2 is 1.44 bits per heavy atom. The van der Waals surface area contributed by atoms with Gasteiger partial charge < -0.3 is 9.84 Å². The normalized spacial score (nSPS) is 16.5. The van der Waals surface area contributed by atoms with Gasteiger partial charge in [0, 0.05) is 5.56 Å². The van der Waals surface area contributed by atoms with E-state index in [1.165, 1.54) is 0 Å². The van der Waals surface area contributed by atoms with Gasteiger partial charge in [-0.3, -0.25) is 4.79 Å². The van der Waals surface area contributed by atoms with Crippen LogP contribution in [0.5, 0.6) is 5.75 Å². The number of carboxylic acid groups (broad SMARTS) is 1. The lowest BCUT2D eigenvalue weighted by Crippen LogP contribution is -2.33. The molecular weight excluding hydrogens is 483 g/mol. The third kappa shape index (κ3) is 5.25. The summed E-state index contributed by atoms with van der Waals surface area (Å²) >= 11 is 0. The molecule has 186 valence electrons. The maximum atomic E-state index is 13.9. The summed E-state index contributed by atoms with van der Waals surface area (Å²) in [6.45, 7) is -2.09. The van der Waals surface area contributed by atoms with Gasteiger partial charge in [-0.25, -0.2) is 0 Å². The Hall–Kier alpha value is -2.92. The van der Waals surface area contributed by atoms with Crippen LogP contribution >= 0.6 is 0 Å². The third-order valence-electron chi connectivity index (χ3n) is 5.72. The number of carboxylic acids is 1. The first-order valence-corrected chi connectivity index (χ1v) is 9.91. The zero-order chi connectivity index (χ0) is 25.5. The molecule has 34 heavy (non-hydrogen) atoms. The summed E-state index contributed by atoms with van der Waals surface area (Å²) in [5.74, 6) is -2.65. The highest BCUT2D eigenvalue weighted by atomic mass is 19.4. The number of hydrogen-bond donors (Lipinski definition) is 1. The van der Waals surface area contributed by atoms with Gasteiger partial charge in [-0.15, -0.1) is 0 Å². The maximum absolute atomic E-state index is 13.9. The van der Waals surface area contributed by atoms with Gasteiger partial charge in [0.1, 0.15) is 5.75 Å². The molecule has 1 saturated carbocycles. The lowest BCUT2D eigenvalue weighted by atomic mass is 9.77. The van der Waals surface area contributed by atoms with Crippen LogP contribution in [0.4, 0.5) is 39.5 Å². The molecule has 0 spiro atoms. The first-order valence-electron chi connectivity index (χ1n) is 9.91. The van der Waals surface area contributed by atoms with Crippen molar-refractivity contribution in [3.63, 3.8) is 0 Å². The minimum absolute atomic E-state index is 0.00512. The minimum Gasteiger partial charge on any atom is -0.483 e. The first-order chi connectivity index (χ1) is 15.5. The lowest BCUT2D eigenvalue weighted by molar-refractivity contribution is -0.158. The van der Waals surface area contributed by atoms with E-state index >= 15 is 0 Å². The molecule has 0 atom stereocenters. The molecule has 0 aromatic heterocycles. The molecule has 2 aromatic carbocycles. The second-order valence-corrected chi connectivity index (χ2v) is 7.97. The van der Waals surface area contributed by atoms with Gasteiger partial charge >= 0.3 is 24.5 Å². The molecule has 1 aliphatic carbocycles. The molecular formula is C22H17F9O3. The average Bonchev–Trinajstić information content (AvgIpc) is 3.21. The zero-order valence-corrected chi connectivity index (χ0v) is 17.2. The smallest absolute Gasteiger partial charge is 0.422 e. The summed E-state index contributed by atoms with van der Waals surface area (Å²) < 4.78 is 123. The largest absolute Gasteiger partial charge is 0.483 e. The average molecular weight is 500 g/mol. The fraction of sp³-hybridized carbons (Fsp3) is 0.409. The summed E-state index contributed by atoms with van der Waals surface area (Å²) in [5, 5.41) is 9.79. The van der Waals surface area contributed by atoms with E-state index in [9.17, 15) is 49.4 Å². The van der Waals surface area contributed by atoms with Crippen molar-refractivity contribution in [2.75, 3.05) is 6.61 Å². The van der Waals surface area contributed by atoms with Crippen LogP contribution in [0.3, 0.4) is 0 Å². The van der Waals surface area contributed by atoms with Crippen molar-refractivity contribution in [2.45, 2.75) is 49.6 Å². The zero-order valence-electron chi connectivity index (χ0n) is 17.2. The molecule has 0 heterocycles. The maximum Gasteiger partial charge on any atom is 0.422 e. The van der Waals surface area contributed by atoms with Crippen molar-refractivity contribution in [1.82, 2.24) is 0 Å². The number of rotatable bonds is 5. The molecule has 3 nitrogen and oxygen atoms in total. The predicted octanol–water partition coefficient (Wildman–Crippen LogP) is 7.23. The summed E-state index contributed by atoms with van der Waals surface area (Å²) in [4.78, 5) is 12.0. The molecule has 0 radical (unpaired) electrons. The van der Waals surface area contributed by atoms with Crippen molar-refractivity contribution in [3.05, 3.63) is 53.1 Å². The molecule has 0 amide bonds. The first kappa shape index (κ1) is 25.7. The minimum atomic E-state index is -5.24. The van der Waals surface area contributed by atoms with Gasteiger partial charge in [0.25, 0.3) is 0 Å². The van der Waals surface area contributed by atoms with Gasteiger partial charge in [-0.1, -0.05) is 25.0 Å². The van der Waals surface area contributed by atoms with E-state index in [4.69, 9.17) is 0 Å². The van der Waals surface area contributed by atoms with Gasteiger partial charge in [0.2, 0.25) is 0 Å². The van der Waals surface area contributed by atoms with Crippen LogP contribution in [0.1, 0.15) is 42.4 Å². The van der Waals surface area contributed by atoms with E-state index in [1.54, 1.807) is 0 Å². The van der Waals surface area contributed by atoms with Crippen LogP contribution in [0.25, 0.3) is 11.1 Å². The van der Waals surface area contributed by atoms with Crippen LogP contribution in [0.2, 0.25) is 0 Å². The summed E-state index contributed by atoms with van der Waals surface area (Å²) in [6.07, 6.45) is -14.2. The molecule has 0 aliphatic heterocycles. The summed E-state index contributed by atoms with van der Waals surface area (Å²) in [7, 11) is 0. The Morgan fingerprint density at radius 3 is 1.88 bits per heavy atom. The predicted molar refractivity (Wildman–Crippen MR) is 101 cm³/mol. The third-order valence-corrected chi connectivity index (χ3v) is 5.72. The van der Waals surface area contributed by atoms with Crippen LogP contribution < -0.4 is 4.74 Å².